The summed E-state index contributed by atoms with van der Waals surface area (Å²) in [7, 11) is -4.23. The van der Waals surface area contributed by atoms with Gasteiger partial charge >= 0.3 is 0 Å². The Hall–Kier alpha value is -3.57. The molecule has 0 spiro atoms. The lowest BCUT2D eigenvalue weighted by molar-refractivity contribution is 0.414. The molecule has 11 heteroatoms. The predicted octanol–water partition coefficient (Wildman–Crippen LogP) is 2.80. The Bertz CT molecular complexity index is 1750. The Kier molecular flexibility index (Phi) is 5.29. The Morgan fingerprint density at radius 2 is 1.74 bits per heavy atom. The molecular weight excluding hydrogens is 490 g/mol. The van der Waals surface area contributed by atoms with Crippen LogP contribution in [0, 0.1) is 0 Å². The highest BCUT2D eigenvalue weighted by atomic mass is 32.2. The predicted molar refractivity (Wildman–Crippen MR) is 134 cm³/mol. The van der Waals surface area contributed by atoms with E-state index in [2.05, 4.69) is 4.98 Å². The van der Waals surface area contributed by atoms with Gasteiger partial charge in [0.2, 0.25) is 0 Å². The molecule has 0 radical (unpaired) electrons. The largest absolute Gasteiger partial charge is 0.497 e. The summed E-state index contributed by atoms with van der Waals surface area (Å²) in [5.74, 6) is 0.335. The molecule has 0 saturated carbocycles. The zero-order valence-electron chi connectivity index (χ0n) is 19.3. The molecule has 1 N–H and O–H groups in total. The summed E-state index contributed by atoms with van der Waals surface area (Å²) < 4.78 is 59.5. The number of hydrogen-bond donors (Lipinski definition) is 1. The third kappa shape index (κ3) is 3.90. The number of anilines is 1. The molecule has 0 aliphatic carbocycles. The number of aryl methyl sites for hydroxylation is 1. The second-order valence-corrected chi connectivity index (χ2v) is 12.6. The first-order valence-corrected chi connectivity index (χ1v) is 14.2. The van der Waals surface area contributed by atoms with Gasteiger partial charge in [0.05, 0.1) is 30.0 Å². The SMILES string of the molecule is COc1ccc(S(=O)(=O)N2Cc3c[nH]c4c(=O)n(C)cc(c34)-c3cc(CS(C)(=O)=O)ccc32)cc1. The first-order valence-electron chi connectivity index (χ1n) is 10.7. The van der Waals surface area contributed by atoms with Gasteiger partial charge in [-0.15, -0.1) is 0 Å². The van der Waals surface area contributed by atoms with E-state index in [0.29, 0.717) is 44.6 Å². The van der Waals surface area contributed by atoms with E-state index in [1.54, 1.807) is 49.8 Å². The van der Waals surface area contributed by atoms with Crippen LogP contribution in [0.25, 0.3) is 22.0 Å². The summed E-state index contributed by atoms with van der Waals surface area (Å²) >= 11 is 0. The molecule has 3 heterocycles. The molecule has 2 aromatic carbocycles. The molecule has 4 aromatic rings. The van der Waals surface area contributed by atoms with Crippen molar-refractivity contribution in [3.05, 3.63) is 76.3 Å². The van der Waals surface area contributed by atoms with Crippen LogP contribution in [-0.4, -0.2) is 39.8 Å². The molecule has 1 aliphatic heterocycles. The number of sulfone groups is 1. The number of aromatic nitrogens is 2. The summed E-state index contributed by atoms with van der Waals surface area (Å²) in [6.07, 6.45) is 4.46. The van der Waals surface area contributed by atoms with Crippen molar-refractivity contribution in [1.29, 1.82) is 0 Å². The van der Waals surface area contributed by atoms with E-state index in [0.717, 1.165) is 6.26 Å². The number of pyridine rings is 1. The van der Waals surface area contributed by atoms with Crippen molar-refractivity contribution in [2.45, 2.75) is 17.2 Å². The number of aromatic amines is 1. The van der Waals surface area contributed by atoms with Gasteiger partial charge in [0.25, 0.3) is 15.6 Å². The summed E-state index contributed by atoms with van der Waals surface area (Å²) in [5, 5.41) is 0.623. The molecule has 0 atom stereocenters. The van der Waals surface area contributed by atoms with Crippen molar-refractivity contribution in [2.24, 2.45) is 7.05 Å². The van der Waals surface area contributed by atoms with Crippen molar-refractivity contribution in [2.75, 3.05) is 17.7 Å². The van der Waals surface area contributed by atoms with Crippen LogP contribution < -0.4 is 14.6 Å². The molecule has 0 fully saturated rings. The topological polar surface area (TPSA) is 119 Å². The zero-order chi connectivity index (χ0) is 25.1. The van der Waals surface area contributed by atoms with Crippen molar-refractivity contribution < 1.29 is 21.6 Å². The van der Waals surface area contributed by atoms with Gasteiger partial charge in [-0.05, 0) is 47.5 Å². The maximum Gasteiger partial charge on any atom is 0.274 e. The number of rotatable bonds is 5. The van der Waals surface area contributed by atoms with E-state index in [1.807, 2.05) is 0 Å². The Morgan fingerprint density at radius 3 is 2.40 bits per heavy atom. The lowest BCUT2D eigenvalue weighted by Gasteiger charge is -2.25. The van der Waals surface area contributed by atoms with Crippen LogP contribution in [0.4, 0.5) is 5.69 Å². The minimum Gasteiger partial charge on any atom is -0.497 e. The third-order valence-electron chi connectivity index (χ3n) is 6.10. The van der Waals surface area contributed by atoms with E-state index in [9.17, 15) is 21.6 Å². The molecule has 182 valence electrons. The summed E-state index contributed by atoms with van der Waals surface area (Å²) in [4.78, 5) is 15.9. The van der Waals surface area contributed by atoms with Gasteiger partial charge in [0.1, 0.15) is 11.3 Å². The maximum atomic E-state index is 13.9. The fraction of sp³-hybridized carbons (Fsp3) is 0.208. The van der Waals surface area contributed by atoms with Gasteiger partial charge < -0.3 is 14.3 Å². The van der Waals surface area contributed by atoms with Gasteiger partial charge in [-0.25, -0.2) is 16.8 Å². The molecule has 0 saturated heterocycles. The van der Waals surface area contributed by atoms with E-state index in [4.69, 9.17) is 4.74 Å². The van der Waals surface area contributed by atoms with Crippen LogP contribution in [0.5, 0.6) is 5.75 Å². The Morgan fingerprint density at radius 1 is 1.03 bits per heavy atom. The van der Waals surface area contributed by atoms with Crippen LogP contribution >= 0.6 is 0 Å². The van der Waals surface area contributed by atoms with Crippen LogP contribution in [0.3, 0.4) is 0 Å². The highest BCUT2D eigenvalue weighted by Crippen LogP contribution is 2.43. The molecule has 9 nitrogen and oxygen atoms in total. The lowest BCUT2D eigenvalue weighted by atomic mass is 9.99. The highest BCUT2D eigenvalue weighted by Gasteiger charge is 2.32. The van der Waals surface area contributed by atoms with E-state index in [1.165, 1.54) is 28.1 Å². The molecular formula is C24H23N3O6S2. The summed E-state index contributed by atoms with van der Waals surface area (Å²) in [6, 6.07) is 11.1. The van der Waals surface area contributed by atoms with Crippen LogP contribution in [0.15, 0.2) is 64.5 Å². The van der Waals surface area contributed by atoms with Crippen LogP contribution in [0.2, 0.25) is 0 Å². The number of ether oxygens (including phenoxy) is 1. The minimum atomic E-state index is -4.02. The summed E-state index contributed by atoms with van der Waals surface area (Å²) in [6.45, 7) is -0.00699. The van der Waals surface area contributed by atoms with E-state index >= 15 is 0 Å². The fourth-order valence-electron chi connectivity index (χ4n) is 4.50. The van der Waals surface area contributed by atoms with Crippen molar-refractivity contribution in [3.63, 3.8) is 0 Å². The summed E-state index contributed by atoms with van der Waals surface area (Å²) in [5.41, 5.74) is 2.87. The average molecular weight is 514 g/mol. The standard InChI is InChI=1S/C24H23N3O6S2/c1-26-13-20-19-10-15(14-34(3,29)30)4-9-21(19)27(12-16-11-25-23(22(16)20)24(26)28)35(31,32)18-7-5-17(33-2)6-8-18/h4-11,13,25H,12,14H2,1-3H3. The second-order valence-electron chi connectivity index (χ2n) is 8.63. The van der Waals surface area contributed by atoms with Gasteiger partial charge in [0.15, 0.2) is 9.84 Å². The van der Waals surface area contributed by atoms with Crippen LogP contribution in [-0.2, 0) is 39.2 Å². The van der Waals surface area contributed by atoms with Crippen molar-refractivity contribution in [3.8, 4) is 16.9 Å². The number of fused-ring (bicyclic) bond motifs is 2. The third-order valence-corrected chi connectivity index (χ3v) is 8.73. The van der Waals surface area contributed by atoms with Gasteiger partial charge in [-0.2, -0.15) is 0 Å². The monoisotopic (exact) mass is 513 g/mol. The molecule has 1 aliphatic rings. The van der Waals surface area contributed by atoms with Crippen molar-refractivity contribution in [1.82, 2.24) is 9.55 Å². The van der Waals surface area contributed by atoms with Crippen molar-refractivity contribution >= 4 is 36.5 Å². The first kappa shape index (κ1) is 23.2. The van der Waals surface area contributed by atoms with Crippen LogP contribution in [0.1, 0.15) is 11.1 Å². The molecule has 0 amide bonds. The normalized spacial score (nSPS) is 13.5. The van der Waals surface area contributed by atoms with Gasteiger partial charge in [-0.1, -0.05) is 6.07 Å². The smallest absolute Gasteiger partial charge is 0.274 e. The number of sulfonamides is 1. The maximum absolute atomic E-state index is 13.9. The first-order chi connectivity index (χ1) is 16.5. The Labute approximate surface area is 202 Å². The number of benzene rings is 2. The lowest BCUT2D eigenvalue weighted by Crippen LogP contribution is -2.30. The fourth-order valence-corrected chi connectivity index (χ4v) is 6.75. The average Bonchev–Trinajstić information content (AvgIpc) is 3.17. The van der Waals surface area contributed by atoms with Gasteiger partial charge in [-0.3, -0.25) is 9.10 Å². The minimum absolute atomic E-state index is 0.00699. The molecule has 5 rings (SSSR count). The number of nitrogens with one attached hydrogen (secondary N) is 1. The molecule has 35 heavy (non-hydrogen) atoms. The van der Waals surface area contributed by atoms with Gasteiger partial charge in [0, 0.05) is 42.2 Å². The molecule has 0 bridgehead atoms. The quantitative estimate of drug-likeness (QED) is 0.438. The van der Waals surface area contributed by atoms with E-state index in [-0.39, 0.29) is 22.8 Å². The number of H-pyrrole nitrogens is 1. The van der Waals surface area contributed by atoms with E-state index < -0.39 is 19.9 Å². The molecule has 0 unspecified atom stereocenters. The molecule has 2 aromatic heterocycles. The number of hydrogen-bond acceptors (Lipinski definition) is 6. The highest BCUT2D eigenvalue weighted by molar-refractivity contribution is 7.92. The number of nitrogens with zero attached hydrogens (tertiary/aromatic N) is 2. The Balaban J connectivity index is 1.80. The number of methoxy groups -OCH3 is 1. The zero-order valence-corrected chi connectivity index (χ0v) is 20.9. The second kappa shape index (κ2) is 7.99.